The zero-order valence-corrected chi connectivity index (χ0v) is 9.26. The van der Waals surface area contributed by atoms with E-state index in [1.54, 1.807) is 0 Å². The van der Waals surface area contributed by atoms with E-state index in [0.717, 1.165) is 39.0 Å². The number of unbranched alkanes of at least 4 members (excludes halogenated alkanes) is 5. The van der Waals surface area contributed by atoms with Crippen molar-refractivity contribution in [3.05, 3.63) is 0 Å². The van der Waals surface area contributed by atoms with E-state index in [-0.39, 0.29) is 0 Å². The summed E-state index contributed by atoms with van der Waals surface area (Å²) >= 11 is 0. The monoisotopic (exact) mass is 201 g/mol. The van der Waals surface area contributed by atoms with Crippen LogP contribution in [-0.2, 0) is 9.53 Å². The molecular formula is C11H23NO2. The van der Waals surface area contributed by atoms with Crippen molar-refractivity contribution < 1.29 is 9.53 Å². The van der Waals surface area contributed by atoms with E-state index < -0.39 is 0 Å². The number of hydrogen-bond donors (Lipinski definition) is 1. The van der Waals surface area contributed by atoms with Crippen LogP contribution in [0.2, 0.25) is 0 Å². The van der Waals surface area contributed by atoms with E-state index in [2.05, 4.69) is 12.2 Å². The maximum absolute atomic E-state index is 9.84. The third kappa shape index (κ3) is 11.6. The normalized spacial score (nSPS) is 14.6. The number of nitrogens with one attached hydrogen (secondary N) is 1. The van der Waals surface area contributed by atoms with Gasteiger partial charge in [0, 0.05) is 13.0 Å². The highest BCUT2D eigenvalue weighted by Gasteiger charge is 1.92. The first kappa shape index (κ1) is 13.6. The van der Waals surface area contributed by atoms with Crippen LogP contribution in [0.4, 0.5) is 0 Å². The number of carbonyl (C=O) groups is 1. The standard InChI is InChI=1S/C8H16O.C3H7NO/c1-2-3-4-5-6-7-8-9;1-2-5-3-4-1/h8H,2-7H2,1H3;4H,1-3H2. The fourth-order valence-corrected chi connectivity index (χ4v) is 1.19. The molecule has 0 aromatic carbocycles. The fourth-order valence-electron chi connectivity index (χ4n) is 1.19. The number of rotatable bonds is 6. The fraction of sp³-hybridized carbons (Fsp3) is 0.909. The molecule has 0 atom stereocenters. The van der Waals surface area contributed by atoms with Gasteiger partial charge >= 0.3 is 0 Å². The predicted molar refractivity (Wildman–Crippen MR) is 58.3 cm³/mol. The summed E-state index contributed by atoms with van der Waals surface area (Å²) in [6, 6.07) is 0. The van der Waals surface area contributed by atoms with Crippen LogP contribution in [0.25, 0.3) is 0 Å². The Labute approximate surface area is 87.2 Å². The Morgan fingerprint density at radius 1 is 1.29 bits per heavy atom. The Balaban J connectivity index is 0.000000280. The van der Waals surface area contributed by atoms with E-state index >= 15 is 0 Å². The number of ether oxygens (including phenoxy) is 1. The quantitative estimate of drug-likeness (QED) is 0.528. The van der Waals surface area contributed by atoms with Crippen molar-refractivity contribution in [1.29, 1.82) is 0 Å². The molecule has 0 aliphatic carbocycles. The Morgan fingerprint density at radius 2 is 2.07 bits per heavy atom. The van der Waals surface area contributed by atoms with E-state index in [1.165, 1.54) is 25.7 Å². The molecule has 84 valence electrons. The van der Waals surface area contributed by atoms with Crippen molar-refractivity contribution in [2.24, 2.45) is 0 Å². The van der Waals surface area contributed by atoms with Gasteiger partial charge in [0.25, 0.3) is 0 Å². The van der Waals surface area contributed by atoms with Gasteiger partial charge in [0.15, 0.2) is 0 Å². The molecule has 0 saturated carbocycles. The molecule has 1 fully saturated rings. The lowest BCUT2D eigenvalue weighted by atomic mass is 10.1. The molecule has 1 aliphatic heterocycles. The first-order valence-corrected chi connectivity index (χ1v) is 5.64. The zero-order chi connectivity index (χ0) is 10.5. The summed E-state index contributed by atoms with van der Waals surface area (Å²) in [5.41, 5.74) is 0. The summed E-state index contributed by atoms with van der Waals surface area (Å²) in [4.78, 5) is 9.84. The van der Waals surface area contributed by atoms with Gasteiger partial charge in [0.2, 0.25) is 0 Å². The van der Waals surface area contributed by atoms with Crippen molar-refractivity contribution in [3.8, 4) is 0 Å². The van der Waals surface area contributed by atoms with Crippen LogP contribution in [0, 0.1) is 0 Å². The highest BCUT2D eigenvalue weighted by atomic mass is 16.5. The van der Waals surface area contributed by atoms with Crippen LogP contribution in [0.1, 0.15) is 45.4 Å². The molecule has 1 N–H and O–H groups in total. The SMILES string of the molecule is C1COCN1.CCCCCCCC=O. The van der Waals surface area contributed by atoms with Crippen molar-refractivity contribution >= 4 is 6.29 Å². The molecule has 1 rings (SSSR count). The lowest BCUT2D eigenvalue weighted by Gasteiger charge is -1.93. The average Bonchev–Trinajstić information content (AvgIpc) is 2.76. The highest BCUT2D eigenvalue weighted by molar-refractivity contribution is 5.48. The zero-order valence-electron chi connectivity index (χ0n) is 9.26. The Morgan fingerprint density at radius 3 is 2.50 bits per heavy atom. The Bertz CT molecular complexity index is 106. The molecule has 1 heterocycles. The van der Waals surface area contributed by atoms with Gasteiger partial charge in [-0.25, -0.2) is 0 Å². The van der Waals surface area contributed by atoms with Gasteiger partial charge in [-0.3, -0.25) is 5.32 Å². The smallest absolute Gasteiger partial charge is 0.119 e. The van der Waals surface area contributed by atoms with Gasteiger partial charge in [0.05, 0.1) is 13.3 Å². The molecule has 1 aliphatic rings. The van der Waals surface area contributed by atoms with E-state index in [0.29, 0.717) is 0 Å². The third-order valence-electron chi connectivity index (χ3n) is 2.05. The van der Waals surface area contributed by atoms with Gasteiger partial charge in [-0.05, 0) is 6.42 Å². The average molecular weight is 201 g/mol. The van der Waals surface area contributed by atoms with Gasteiger partial charge in [-0.15, -0.1) is 0 Å². The molecule has 0 aromatic rings. The second-order valence-corrected chi connectivity index (χ2v) is 3.42. The summed E-state index contributed by atoms with van der Waals surface area (Å²) in [5, 5.41) is 3.00. The molecular weight excluding hydrogens is 178 g/mol. The molecule has 1 saturated heterocycles. The molecule has 0 spiro atoms. The second-order valence-electron chi connectivity index (χ2n) is 3.42. The summed E-state index contributed by atoms with van der Waals surface area (Å²) in [6.07, 6.45) is 7.97. The van der Waals surface area contributed by atoms with Crippen LogP contribution in [0.15, 0.2) is 0 Å². The van der Waals surface area contributed by atoms with E-state index in [1.807, 2.05) is 0 Å². The van der Waals surface area contributed by atoms with Crippen molar-refractivity contribution in [2.45, 2.75) is 45.4 Å². The summed E-state index contributed by atoms with van der Waals surface area (Å²) in [5.74, 6) is 0. The minimum Gasteiger partial charge on any atom is -0.365 e. The number of aldehydes is 1. The molecule has 0 unspecified atom stereocenters. The number of carbonyl (C=O) groups excluding carboxylic acids is 1. The van der Waals surface area contributed by atoms with Crippen molar-refractivity contribution in [3.63, 3.8) is 0 Å². The van der Waals surface area contributed by atoms with Gasteiger partial charge in [0.1, 0.15) is 6.29 Å². The second kappa shape index (κ2) is 12.6. The molecule has 14 heavy (non-hydrogen) atoms. The maximum Gasteiger partial charge on any atom is 0.119 e. The number of hydrogen-bond acceptors (Lipinski definition) is 3. The maximum atomic E-state index is 9.84. The van der Waals surface area contributed by atoms with Crippen LogP contribution in [0.5, 0.6) is 0 Å². The molecule has 0 bridgehead atoms. The molecule has 3 nitrogen and oxygen atoms in total. The lowest BCUT2D eigenvalue weighted by Crippen LogP contribution is -2.05. The molecule has 0 radical (unpaired) electrons. The topological polar surface area (TPSA) is 38.3 Å². The van der Waals surface area contributed by atoms with Crippen molar-refractivity contribution in [1.82, 2.24) is 5.32 Å². The minimum atomic E-state index is 0.750. The Kier molecular flexibility index (Phi) is 12.2. The van der Waals surface area contributed by atoms with Crippen LogP contribution >= 0.6 is 0 Å². The Hall–Kier alpha value is -0.410. The highest BCUT2D eigenvalue weighted by Crippen LogP contribution is 2.02. The summed E-state index contributed by atoms with van der Waals surface area (Å²) < 4.78 is 4.83. The van der Waals surface area contributed by atoms with E-state index in [9.17, 15) is 4.79 Å². The molecule has 0 amide bonds. The minimum absolute atomic E-state index is 0.750. The van der Waals surface area contributed by atoms with Gasteiger partial charge < -0.3 is 9.53 Å². The van der Waals surface area contributed by atoms with E-state index in [4.69, 9.17) is 4.74 Å². The predicted octanol–water partition coefficient (Wildman–Crippen LogP) is 2.11. The van der Waals surface area contributed by atoms with Gasteiger partial charge in [-0.1, -0.05) is 32.6 Å². The van der Waals surface area contributed by atoms with Crippen molar-refractivity contribution in [2.75, 3.05) is 19.9 Å². The summed E-state index contributed by atoms with van der Waals surface area (Å²) in [6.45, 7) is 4.86. The van der Waals surface area contributed by atoms with Crippen LogP contribution in [-0.4, -0.2) is 26.2 Å². The first-order chi connectivity index (χ1) is 6.91. The first-order valence-electron chi connectivity index (χ1n) is 5.64. The lowest BCUT2D eigenvalue weighted by molar-refractivity contribution is -0.107. The third-order valence-corrected chi connectivity index (χ3v) is 2.05. The molecule has 0 aromatic heterocycles. The molecule has 3 heteroatoms. The largest absolute Gasteiger partial charge is 0.365 e. The van der Waals surface area contributed by atoms with Crippen LogP contribution in [0.3, 0.4) is 0 Å². The van der Waals surface area contributed by atoms with Crippen LogP contribution < -0.4 is 5.32 Å². The summed E-state index contributed by atoms with van der Waals surface area (Å²) in [7, 11) is 0. The van der Waals surface area contributed by atoms with Gasteiger partial charge in [-0.2, -0.15) is 0 Å².